The molecule has 2 fully saturated rings. The molecule has 1 aliphatic carbocycles. The summed E-state index contributed by atoms with van der Waals surface area (Å²) in [5, 5.41) is 3.42. The number of nitrogens with zero attached hydrogens (tertiary/aromatic N) is 1. The molecule has 0 bridgehead atoms. The molecule has 76 valence electrons. The molecule has 1 saturated heterocycles. The molecule has 2 heteroatoms. The van der Waals surface area contributed by atoms with Crippen LogP contribution in [0.2, 0.25) is 0 Å². The molecule has 2 rings (SSSR count). The van der Waals surface area contributed by atoms with Crippen LogP contribution in [0.5, 0.6) is 0 Å². The van der Waals surface area contributed by atoms with Crippen LogP contribution in [0.1, 0.15) is 32.6 Å². The number of nitrogens with one attached hydrogen (secondary N) is 1. The summed E-state index contributed by atoms with van der Waals surface area (Å²) >= 11 is 0. The van der Waals surface area contributed by atoms with Crippen molar-refractivity contribution in [3.63, 3.8) is 0 Å². The number of hydrogen-bond donors (Lipinski definition) is 1. The molecule has 1 N–H and O–H groups in total. The van der Waals surface area contributed by atoms with E-state index >= 15 is 0 Å². The van der Waals surface area contributed by atoms with Gasteiger partial charge in [0.2, 0.25) is 0 Å². The molecule has 2 atom stereocenters. The van der Waals surface area contributed by atoms with E-state index in [2.05, 4.69) is 24.2 Å². The first-order valence-electron chi connectivity index (χ1n) is 5.71. The minimum absolute atomic E-state index is 0.787. The van der Waals surface area contributed by atoms with Crippen LogP contribution in [0.4, 0.5) is 0 Å². The average Bonchev–Trinajstić information content (AvgIpc) is 2.13. The van der Waals surface area contributed by atoms with Gasteiger partial charge in [0.05, 0.1) is 0 Å². The van der Waals surface area contributed by atoms with Gasteiger partial charge in [0.25, 0.3) is 0 Å². The minimum Gasteiger partial charge on any atom is -0.317 e. The van der Waals surface area contributed by atoms with Crippen LogP contribution in [-0.4, -0.2) is 37.1 Å². The first-order chi connectivity index (χ1) is 6.29. The molecule has 0 spiro atoms. The highest BCUT2D eigenvalue weighted by Gasteiger charge is 2.32. The van der Waals surface area contributed by atoms with Gasteiger partial charge in [0.15, 0.2) is 0 Å². The van der Waals surface area contributed by atoms with E-state index in [1.807, 2.05) is 0 Å². The van der Waals surface area contributed by atoms with Gasteiger partial charge in [-0.05, 0) is 32.2 Å². The number of likely N-dealkylation sites (tertiary alicyclic amines) is 1. The van der Waals surface area contributed by atoms with Crippen LogP contribution in [0, 0.1) is 5.92 Å². The zero-order chi connectivity index (χ0) is 9.26. The number of hydrogen-bond acceptors (Lipinski definition) is 2. The summed E-state index contributed by atoms with van der Waals surface area (Å²) in [5.74, 6) is 0.954. The van der Waals surface area contributed by atoms with E-state index in [4.69, 9.17) is 0 Å². The van der Waals surface area contributed by atoms with Crippen molar-refractivity contribution in [3.05, 3.63) is 0 Å². The van der Waals surface area contributed by atoms with Crippen LogP contribution in [0.15, 0.2) is 0 Å². The second-order valence-corrected chi connectivity index (χ2v) is 4.87. The first kappa shape index (κ1) is 9.47. The summed E-state index contributed by atoms with van der Waals surface area (Å²) in [6.07, 6.45) is 5.62. The van der Waals surface area contributed by atoms with Gasteiger partial charge in [-0.15, -0.1) is 0 Å². The first-order valence-corrected chi connectivity index (χ1v) is 5.71. The van der Waals surface area contributed by atoms with Gasteiger partial charge in [0, 0.05) is 25.2 Å². The van der Waals surface area contributed by atoms with Crippen LogP contribution in [0.3, 0.4) is 0 Å². The van der Waals surface area contributed by atoms with Gasteiger partial charge >= 0.3 is 0 Å². The van der Waals surface area contributed by atoms with Gasteiger partial charge < -0.3 is 5.32 Å². The molecule has 0 aromatic carbocycles. The minimum atomic E-state index is 0.787. The highest BCUT2D eigenvalue weighted by Crippen LogP contribution is 2.28. The Labute approximate surface area is 81.7 Å². The quantitative estimate of drug-likeness (QED) is 0.695. The highest BCUT2D eigenvalue weighted by molar-refractivity contribution is 4.88. The summed E-state index contributed by atoms with van der Waals surface area (Å²) < 4.78 is 0. The zero-order valence-electron chi connectivity index (χ0n) is 8.92. The Morgan fingerprint density at radius 2 is 2.00 bits per heavy atom. The molecule has 2 unspecified atom stereocenters. The fourth-order valence-electron chi connectivity index (χ4n) is 2.80. The Kier molecular flexibility index (Phi) is 2.89. The fourth-order valence-corrected chi connectivity index (χ4v) is 2.80. The van der Waals surface area contributed by atoms with Crippen LogP contribution >= 0.6 is 0 Å². The van der Waals surface area contributed by atoms with Gasteiger partial charge in [0.1, 0.15) is 0 Å². The van der Waals surface area contributed by atoms with Gasteiger partial charge in [-0.2, -0.15) is 0 Å². The second kappa shape index (κ2) is 3.97. The summed E-state index contributed by atoms with van der Waals surface area (Å²) in [6.45, 7) is 5.05. The maximum atomic E-state index is 3.42. The largest absolute Gasteiger partial charge is 0.317 e. The fraction of sp³-hybridized carbons (Fsp3) is 1.00. The standard InChI is InChI=1S/C11H22N2/c1-9-7-13(8-9)11-5-3-4-10(6-11)12-2/h9-12H,3-8H2,1-2H3. The highest BCUT2D eigenvalue weighted by atomic mass is 15.2. The predicted octanol–water partition coefficient (Wildman–Crippen LogP) is 1.47. The van der Waals surface area contributed by atoms with Crippen molar-refractivity contribution in [2.75, 3.05) is 20.1 Å². The van der Waals surface area contributed by atoms with E-state index < -0.39 is 0 Å². The summed E-state index contributed by atoms with van der Waals surface area (Å²) in [6, 6.07) is 1.68. The third kappa shape index (κ3) is 2.05. The molecular formula is C11H22N2. The molecule has 0 radical (unpaired) electrons. The van der Waals surface area contributed by atoms with Gasteiger partial charge in [-0.25, -0.2) is 0 Å². The Morgan fingerprint density at radius 3 is 2.62 bits per heavy atom. The van der Waals surface area contributed by atoms with Crippen molar-refractivity contribution in [2.45, 2.75) is 44.7 Å². The van der Waals surface area contributed by atoms with E-state index in [-0.39, 0.29) is 0 Å². The van der Waals surface area contributed by atoms with Crippen LogP contribution < -0.4 is 5.32 Å². The van der Waals surface area contributed by atoms with Crippen molar-refractivity contribution < 1.29 is 0 Å². The monoisotopic (exact) mass is 182 g/mol. The van der Waals surface area contributed by atoms with Gasteiger partial charge in [-0.3, -0.25) is 4.90 Å². The van der Waals surface area contributed by atoms with E-state index in [9.17, 15) is 0 Å². The third-order valence-electron chi connectivity index (χ3n) is 3.66. The van der Waals surface area contributed by atoms with E-state index in [0.717, 1.165) is 18.0 Å². The SMILES string of the molecule is CNC1CCCC(N2CC(C)C2)C1. The molecule has 1 saturated carbocycles. The lowest BCUT2D eigenvalue weighted by Gasteiger charge is -2.46. The zero-order valence-corrected chi connectivity index (χ0v) is 8.92. The normalized spacial score (nSPS) is 37.4. The predicted molar refractivity (Wildman–Crippen MR) is 55.8 cm³/mol. The van der Waals surface area contributed by atoms with Crippen molar-refractivity contribution in [3.8, 4) is 0 Å². The summed E-state index contributed by atoms with van der Waals surface area (Å²) in [5.41, 5.74) is 0. The van der Waals surface area contributed by atoms with E-state index in [0.29, 0.717) is 0 Å². The Morgan fingerprint density at radius 1 is 1.23 bits per heavy atom. The Balaban J connectivity index is 1.79. The maximum Gasteiger partial charge on any atom is 0.0110 e. The topological polar surface area (TPSA) is 15.3 Å². The molecule has 0 amide bonds. The smallest absolute Gasteiger partial charge is 0.0110 e. The van der Waals surface area contributed by atoms with Crippen molar-refractivity contribution in [2.24, 2.45) is 5.92 Å². The van der Waals surface area contributed by atoms with Crippen molar-refractivity contribution >= 4 is 0 Å². The maximum absolute atomic E-state index is 3.42. The Hall–Kier alpha value is -0.0800. The van der Waals surface area contributed by atoms with E-state index in [1.54, 1.807) is 0 Å². The number of rotatable bonds is 2. The third-order valence-corrected chi connectivity index (χ3v) is 3.66. The molecule has 1 aliphatic heterocycles. The molecular weight excluding hydrogens is 160 g/mol. The lowest BCUT2D eigenvalue weighted by molar-refractivity contribution is 0.0377. The van der Waals surface area contributed by atoms with Crippen molar-refractivity contribution in [1.29, 1.82) is 0 Å². The molecule has 0 aromatic rings. The lowest BCUT2D eigenvalue weighted by Crippen LogP contribution is -2.53. The summed E-state index contributed by atoms with van der Waals surface area (Å²) in [4.78, 5) is 2.67. The summed E-state index contributed by atoms with van der Waals surface area (Å²) in [7, 11) is 2.10. The second-order valence-electron chi connectivity index (χ2n) is 4.87. The molecule has 13 heavy (non-hydrogen) atoms. The van der Waals surface area contributed by atoms with Crippen LogP contribution in [0.25, 0.3) is 0 Å². The average molecular weight is 182 g/mol. The molecule has 1 heterocycles. The van der Waals surface area contributed by atoms with Gasteiger partial charge in [-0.1, -0.05) is 13.3 Å². The Bertz CT molecular complexity index is 163. The molecule has 0 aromatic heterocycles. The molecule has 2 aliphatic rings. The molecule has 2 nitrogen and oxygen atoms in total. The van der Waals surface area contributed by atoms with Crippen molar-refractivity contribution in [1.82, 2.24) is 10.2 Å². The van der Waals surface area contributed by atoms with E-state index in [1.165, 1.54) is 38.8 Å². The van der Waals surface area contributed by atoms with Crippen LogP contribution in [-0.2, 0) is 0 Å². The lowest BCUT2D eigenvalue weighted by atomic mass is 9.87.